The Balaban J connectivity index is 2.06. The van der Waals surface area contributed by atoms with Crippen molar-refractivity contribution in [3.63, 3.8) is 0 Å². The van der Waals surface area contributed by atoms with Gasteiger partial charge in [0.1, 0.15) is 10.7 Å². The second-order valence-corrected chi connectivity index (χ2v) is 5.74. The molecule has 3 rings (SSSR count). The number of hydrogen-bond donors (Lipinski definition) is 1. The molecule has 0 aliphatic rings. The number of hydrogen-bond acceptors (Lipinski definition) is 5. The Bertz CT molecular complexity index is 741. The number of rotatable bonds is 4. The van der Waals surface area contributed by atoms with Crippen LogP contribution in [0.25, 0.3) is 16.4 Å². The molecule has 0 aliphatic carbocycles. The van der Waals surface area contributed by atoms with Crippen molar-refractivity contribution < 1.29 is 5.11 Å². The molecule has 21 heavy (non-hydrogen) atoms. The van der Waals surface area contributed by atoms with Gasteiger partial charge in [0.05, 0.1) is 17.7 Å². The summed E-state index contributed by atoms with van der Waals surface area (Å²) in [4.78, 5) is 8.47. The van der Waals surface area contributed by atoms with Gasteiger partial charge in [0, 0.05) is 35.2 Å². The third-order valence-electron chi connectivity index (χ3n) is 3.04. The largest absolute Gasteiger partial charge is 0.387 e. The van der Waals surface area contributed by atoms with Crippen molar-refractivity contribution in [3.05, 3.63) is 47.4 Å². The van der Waals surface area contributed by atoms with Crippen molar-refractivity contribution in [1.82, 2.24) is 19.7 Å². The summed E-state index contributed by atoms with van der Waals surface area (Å²) in [6.45, 7) is 1.89. The molecule has 0 radical (unpaired) electrons. The molecule has 0 spiro atoms. The Kier molecular flexibility index (Phi) is 4.01. The summed E-state index contributed by atoms with van der Waals surface area (Å²) in [7, 11) is 0. The van der Waals surface area contributed by atoms with Crippen molar-refractivity contribution in [2.24, 2.45) is 0 Å². The van der Waals surface area contributed by atoms with E-state index in [0.29, 0.717) is 5.56 Å². The minimum absolute atomic E-state index is 0.109. The molecular formula is C14H13ClN4OS. The van der Waals surface area contributed by atoms with Crippen LogP contribution in [0.2, 0.25) is 0 Å². The molecule has 0 saturated carbocycles. The second-order valence-electron chi connectivity index (χ2n) is 4.54. The molecule has 3 aromatic rings. The van der Waals surface area contributed by atoms with Gasteiger partial charge in [-0.25, -0.2) is 9.67 Å². The summed E-state index contributed by atoms with van der Waals surface area (Å²) >= 11 is 7.29. The smallest absolute Gasteiger partial charge is 0.143 e. The zero-order chi connectivity index (χ0) is 14.8. The van der Waals surface area contributed by atoms with E-state index < -0.39 is 6.10 Å². The highest BCUT2D eigenvalue weighted by molar-refractivity contribution is 7.13. The number of nitrogens with zero attached hydrogens (tertiary/aromatic N) is 4. The number of aromatic nitrogens is 4. The first-order valence-corrected chi connectivity index (χ1v) is 7.77. The van der Waals surface area contributed by atoms with E-state index in [1.165, 1.54) is 11.3 Å². The molecule has 5 nitrogen and oxygen atoms in total. The highest BCUT2D eigenvalue weighted by atomic mass is 35.5. The second kappa shape index (κ2) is 5.93. The van der Waals surface area contributed by atoms with Crippen LogP contribution in [0.5, 0.6) is 0 Å². The zero-order valence-electron chi connectivity index (χ0n) is 11.3. The molecule has 0 bridgehead atoms. The van der Waals surface area contributed by atoms with Crippen molar-refractivity contribution in [1.29, 1.82) is 0 Å². The lowest BCUT2D eigenvalue weighted by atomic mass is 10.1. The van der Waals surface area contributed by atoms with Crippen LogP contribution < -0.4 is 0 Å². The maximum absolute atomic E-state index is 10.0. The van der Waals surface area contributed by atoms with Crippen LogP contribution in [0.15, 0.2) is 36.1 Å². The fourth-order valence-corrected chi connectivity index (χ4v) is 2.78. The fourth-order valence-electron chi connectivity index (χ4n) is 2.02. The molecular weight excluding hydrogens is 308 g/mol. The molecule has 1 N–H and O–H groups in total. The van der Waals surface area contributed by atoms with Crippen LogP contribution >= 0.6 is 22.9 Å². The van der Waals surface area contributed by atoms with E-state index in [4.69, 9.17) is 11.6 Å². The molecule has 1 unspecified atom stereocenters. The van der Waals surface area contributed by atoms with Crippen molar-refractivity contribution in [3.8, 4) is 16.4 Å². The molecule has 7 heteroatoms. The Morgan fingerprint density at radius 2 is 2.29 bits per heavy atom. The van der Waals surface area contributed by atoms with Crippen LogP contribution in [0.1, 0.15) is 17.4 Å². The van der Waals surface area contributed by atoms with E-state index in [1.54, 1.807) is 17.1 Å². The van der Waals surface area contributed by atoms with E-state index in [-0.39, 0.29) is 5.88 Å². The average Bonchev–Trinajstić information content (AvgIpc) is 3.17. The van der Waals surface area contributed by atoms with E-state index in [1.807, 2.05) is 30.6 Å². The summed E-state index contributed by atoms with van der Waals surface area (Å²) in [5, 5.41) is 17.3. The third-order valence-corrected chi connectivity index (χ3v) is 4.13. The summed E-state index contributed by atoms with van der Waals surface area (Å²) < 4.78 is 1.72. The van der Waals surface area contributed by atoms with Gasteiger partial charge in [-0.1, -0.05) is 0 Å². The minimum atomic E-state index is -0.776. The number of alkyl halides is 1. The fraction of sp³-hybridized carbons (Fsp3) is 0.214. The maximum atomic E-state index is 10.0. The summed E-state index contributed by atoms with van der Waals surface area (Å²) in [5.74, 6) is 0.109. The predicted octanol–water partition coefficient (Wildman–Crippen LogP) is 2.97. The molecule has 0 aromatic carbocycles. The molecule has 0 amide bonds. The standard InChI is InChI=1S/C14H13ClN4OS/c1-9-6-12(10(8-17-9)13(20)7-15)19-4-2-11(18-19)14-16-3-5-21-14/h2-6,8,13,20H,7H2,1H3. The lowest BCUT2D eigenvalue weighted by Crippen LogP contribution is -2.08. The highest BCUT2D eigenvalue weighted by Crippen LogP contribution is 2.25. The van der Waals surface area contributed by atoms with Gasteiger partial charge < -0.3 is 5.11 Å². The third kappa shape index (κ3) is 2.83. The number of aryl methyl sites for hydroxylation is 1. The van der Waals surface area contributed by atoms with Crippen LogP contribution in [-0.2, 0) is 0 Å². The lowest BCUT2D eigenvalue weighted by molar-refractivity contribution is 0.202. The predicted molar refractivity (Wildman–Crippen MR) is 82.9 cm³/mol. The molecule has 0 saturated heterocycles. The van der Waals surface area contributed by atoms with Gasteiger partial charge in [0.2, 0.25) is 0 Å². The minimum Gasteiger partial charge on any atom is -0.387 e. The maximum Gasteiger partial charge on any atom is 0.143 e. The molecule has 3 heterocycles. The van der Waals surface area contributed by atoms with Gasteiger partial charge in [-0.15, -0.1) is 22.9 Å². The van der Waals surface area contributed by atoms with Crippen molar-refractivity contribution >= 4 is 22.9 Å². The Hall–Kier alpha value is -1.76. The van der Waals surface area contributed by atoms with Gasteiger partial charge in [0.15, 0.2) is 0 Å². The number of aliphatic hydroxyl groups excluding tert-OH is 1. The molecule has 0 aliphatic heterocycles. The van der Waals surface area contributed by atoms with Crippen molar-refractivity contribution in [2.75, 3.05) is 5.88 Å². The van der Waals surface area contributed by atoms with E-state index in [9.17, 15) is 5.11 Å². The van der Waals surface area contributed by atoms with Crippen LogP contribution in [0.3, 0.4) is 0 Å². The first kappa shape index (κ1) is 14.2. The topological polar surface area (TPSA) is 63.8 Å². The number of pyridine rings is 1. The first-order valence-electron chi connectivity index (χ1n) is 6.35. The Morgan fingerprint density at radius 1 is 1.43 bits per heavy atom. The molecule has 1 atom stereocenters. The van der Waals surface area contributed by atoms with Gasteiger partial charge in [-0.05, 0) is 19.1 Å². The van der Waals surface area contributed by atoms with E-state index >= 15 is 0 Å². The molecule has 0 fully saturated rings. The van der Waals surface area contributed by atoms with Gasteiger partial charge >= 0.3 is 0 Å². The number of aliphatic hydroxyl groups is 1. The first-order chi connectivity index (χ1) is 10.2. The van der Waals surface area contributed by atoms with Gasteiger partial charge in [-0.2, -0.15) is 5.10 Å². The number of thiazole rings is 1. The van der Waals surface area contributed by atoms with Crippen molar-refractivity contribution in [2.45, 2.75) is 13.0 Å². The number of halogens is 1. The monoisotopic (exact) mass is 320 g/mol. The summed E-state index contributed by atoms with van der Waals surface area (Å²) in [6, 6.07) is 3.77. The zero-order valence-corrected chi connectivity index (χ0v) is 12.8. The average molecular weight is 321 g/mol. The van der Waals surface area contributed by atoms with E-state index in [2.05, 4.69) is 15.1 Å². The quantitative estimate of drug-likeness (QED) is 0.751. The van der Waals surface area contributed by atoms with Crippen LogP contribution in [-0.4, -0.2) is 30.7 Å². The highest BCUT2D eigenvalue weighted by Gasteiger charge is 2.15. The lowest BCUT2D eigenvalue weighted by Gasteiger charge is -2.13. The SMILES string of the molecule is Cc1cc(-n2ccc(-c3nccs3)n2)c(C(O)CCl)cn1. The van der Waals surface area contributed by atoms with Gasteiger partial charge in [0.25, 0.3) is 0 Å². The summed E-state index contributed by atoms with van der Waals surface area (Å²) in [6.07, 6.45) is 4.46. The van der Waals surface area contributed by atoms with E-state index in [0.717, 1.165) is 22.1 Å². The normalized spacial score (nSPS) is 12.5. The Morgan fingerprint density at radius 3 is 3.00 bits per heavy atom. The Labute approximate surface area is 130 Å². The van der Waals surface area contributed by atoms with Gasteiger partial charge in [-0.3, -0.25) is 4.98 Å². The van der Waals surface area contributed by atoms with Crippen LogP contribution in [0.4, 0.5) is 0 Å². The van der Waals surface area contributed by atoms with Crippen LogP contribution in [0, 0.1) is 6.92 Å². The summed E-state index contributed by atoms with van der Waals surface area (Å²) in [5.41, 5.74) is 3.08. The molecule has 108 valence electrons. The molecule has 3 aromatic heterocycles.